The van der Waals surface area contributed by atoms with Gasteiger partial charge in [-0.05, 0) is 79.6 Å². The van der Waals surface area contributed by atoms with Gasteiger partial charge in [-0.15, -0.1) is 0 Å². The van der Waals surface area contributed by atoms with Gasteiger partial charge in [-0.25, -0.2) is 4.79 Å². The summed E-state index contributed by atoms with van der Waals surface area (Å²) in [6, 6.07) is 18.1. The fourth-order valence-electron chi connectivity index (χ4n) is 4.65. The van der Waals surface area contributed by atoms with Crippen LogP contribution in [0.2, 0.25) is 0 Å². The van der Waals surface area contributed by atoms with Gasteiger partial charge >= 0.3 is 12.1 Å². The number of carbonyl (C=O) groups excluding carboxylic acids is 1. The number of aromatic nitrogens is 1. The summed E-state index contributed by atoms with van der Waals surface area (Å²) in [4.78, 5) is 24.5. The summed E-state index contributed by atoms with van der Waals surface area (Å²) in [5, 5.41) is 11.9. The highest BCUT2D eigenvalue weighted by atomic mass is 32.1. The second kappa shape index (κ2) is 10.8. The number of ether oxygens (including phenoxy) is 1. The van der Waals surface area contributed by atoms with Gasteiger partial charge in [0.25, 0.3) is 0 Å². The molecule has 2 aromatic carbocycles. The number of carboxylic acids is 1. The summed E-state index contributed by atoms with van der Waals surface area (Å²) < 4.78 is 10.0. The van der Waals surface area contributed by atoms with Crippen LogP contribution in [0, 0.1) is 12.8 Å². The summed E-state index contributed by atoms with van der Waals surface area (Å²) in [5.74, 6) is 0.0657. The van der Waals surface area contributed by atoms with Gasteiger partial charge in [-0.2, -0.15) is 4.37 Å². The lowest BCUT2D eigenvalue weighted by Gasteiger charge is -2.28. The molecule has 1 fully saturated rings. The summed E-state index contributed by atoms with van der Waals surface area (Å²) in [5.41, 5.74) is 4.65. The van der Waals surface area contributed by atoms with E-state index < -0.39 is 12.1 Å². The molecule has 1 aliphatic carbocycles. The number of benzene rings is 2. The third-order valence-electron chi connectivity index (χ3n) is 6.60. The van der Waals surface area contributed by atoms with Crippen molar-refractivity contribution in [2.75, 3.05) is 5.32 Å². The third-order valence-corrected chi connectivity index (χ3v) is 7.58. The number of hydrogen-bond acceptors (Lipinski definition) is 5. The van der Waals surface area contributed by atoms with Crippen molar-refractivity contribution >= 4 is 29.3 Å². The summed E-state index contributed by atoms with van der Waals surface area (Å²) in [6.07, 6.45) is 3.38. The molecule has 0 saturated heterocycles. The number of rotatable bonds is 7. The van der Waals surface area contributed by atoms with Crippen molar-refractivity contribution in [1.82, 2.24) is 4.37 Å². The van der Waals surface area contributed by atoms with E-state index in [1.165, 1.54) is 17.1 Å². The number of carboxylic acid groups (broad SMARTS) is 1. The molecule has 2 N–H and O–H groups in total. The van der Waals surface area contributed by atoms with Gasteiger partial charge in [-0.1, -0.05) is 54.6 Å². The Labute approximate surface area is 204 Å². The van der Waals surface area contributed by atoms with E-state index in [9.17, 15) is 9.59 Å². The van der Waals surface area contributed by atoms with E-state index >= 15 is 0 Å². The van der Waals surface area contributed by atoms with Crippen molar-refractivity contribution < 1.29 is 19.4 Å². The molecule has 1 aromatic heterocycles. The minimum absolute atomic E-state index is 0.277. The Morgan fingerprint density at radius 1 is 1.09 bits per heavy atom. The van der Waals surface area contributed by atoms with Crippen molar-refractivity contribution in [1.29, 1.82) is 0 Å². The van der Waals surface area contributed by atoms with E-state index in [0.29, 0.717) is 17.5 Å². The average Bonchev–Trinajstić information content (AvgIpc) is 3.19. The normalized spacial score (nSPS) is 18.8. The van der Waals surface area contributed by atoms with Crippen molar-refractivity contribution in [2.24, 2.45) is 5.92 Å². The van der Waals surface area contributed by atoms with Crippen LogP contribution in [0.15, 0.2) is 54.6 Å². The van der Waals surface area contributed by atoms with E-state index in [1.54, 1.807) is 0 Å². The molecule has 3 aromatic rings. The first-order valence-corrected chi connectivity index (χ1v) is 12.5. The first-order valence-electron chi connectivity index (χ1n) is 11.7. The molecule has 0 radical (unpaired) electrons. The van der Waals surface area contributed by atoms with Crippen LogP contribution in [-0.2, 0) is 9.53 Å². The molecule has 1 amide bonds. The molecule has 1 saturated carbocycles. The highest BCUT2D eigenvalue weighted by Crippen LogP contribution is 2.39. The van der Waals surface area contributed by atoms with E-state index in [-0.39, 0.29) is 12.5 Å². The van der Waals surface area contributed by atoms with Crippen LogP contribution in [0.4, 0.5) is 10.5 Å². The molecule has 0 unspecified atom stereocenters. The minimum Gasteiger partial charge on any atom is -0.481 e. The van der Waals surface area contributed by atoms with Crippen molar-refractivity contribution in [3.63, 3.8) is 0 Å². The molecule has 1 heterocycles. The van der Waals surface area contributed by atoms with Gasteiger partial charge in [0.15, 0.2) is 0 Å². The lowest BCUT2D eigenvalue weighted by atomic mass is 9.77. The van der Waals surface area contributed by atoms with Crippen LogP contribution >= 0.6 is 11.5 Å². The predicted molar refractivity (Wildman–Crippen MR) is 134 cm³/mol. The van der Waals surface area contributed by atoms with Gasteiger partial charge in [0, 0.05) is 6.42 Å². The van der Waals surface area contributed by atoms with E-state index in [0.717, 1.165) is 47.4 Å². The number of anilines is 1. The van der Waals surface area contributed by atoms with Crippen molar-refractivity contribution in [3.8, 4) is 10.4 Å². The number of carbonyl (C=O) groups is 2. The molecular weight excluding hydrogens is 448 g/mol. The van der Waals surface area contributed by atoms with Gasteiger partial charge < -0.3 is 9.84 Å². The third kappa shape index (κ3) is 5.83. The van der Waals surface area contributed by atoms with Crippen LogP contribution in [0.3, 0.4) is 0 Å². The maximum absolute atomic E-state index is 12.6. The quantitative estimate of drug-likeness (QED) is 0.375. The second-order valence-corrected chi connectivity index (χ2v) is 9.77. The maximum atomic E-state index is 12.6. The molecule has 0 spiro atoms. The highest BCUT2D eigenvalue weighted by molar-refractivity contribution is 7.10. The van der Waals surface area contributed by atoms with Crippen LogP contribution in [-0.4, -0.2) is 21.5 Å². The second-order valence-electron chi connectivity index (χ2n) is 8.99. The van der Waals surface area contributed by atoms with Crippen molar-refractivity contribution in [2.45, 2.75) is 58.0 Å². The molecule has 4 rings (SSSR count). The Morgan fingerprint density at radius 3 is 2.41 bits per heavy atom. The molecule has 1 aliphatic rings. The van der Waals surface area contributed by atoms with Gasteiger partial charge in [0.05, 0.1) is 16.3 Å². The average molecular weight is 479 g/mol. The number of aryl methyl sites for hydroxylation is 1. The zero-order chi connectivity index (χ0) is 24.1. The molecule has 0 bridgehead atoms. The number of amides is 1. The standard InChI is InChI=1S/C27H30N2O4S/c1-17-25(28-27(32)33-18(2)20-6-4-3-5-7-20)26(34-29-17)23-14-12-22(13-15-23)21-10-8-19(9-11-21)16-24(30)31/h3-7,12-15,18-19,21H,8-11,16H2,1-2H3,(H,28,32)(H,30,31)/t18-,19?,21?/m1/s1. The van der Waals surface area contributed by atoms with Crippen LogP contribution in [0.1, 0.15) is 67.9 Å². The molecule has 178 valence electrons. The van der Waals surface area contributed by atoms with E-state index in [2.05, 4.69) is 34.0 Å². The molecule has 7 heteroatoms. The van der Waals surface area contributed by atoms with Crippen LogP contribution in [0.5, 0.6) is 0 Å². The summed E-state index contributed by atoms with van der Waals surface area (Å²) in [7, 11) is 0. The first kappa shape index (κ1) is 24.0. The summed E-state index contributed by atoms with van der Waals surface area (Å²) >= 11 is 1.36. The topological polar surface area (TPSA) is 88.5 Å². The molecule has 34 heavy (non-hydrogen) atoms. The molecule has 1 atom stereocenters. The van der Waals surface area contributed by atoms with E-state index in [4.69, 9.17) is 9.84 Å². The molecular formula is C27H30N2O4S. The van der Waals surface area contributed by atoms with Crippen LogP contribution in [0.25, 0.3) is 10.4 Å². The lowest BCUT2D eigenvalue weighted by Crippen LogP contribution is -2.16. The number of hydrogen-bond donors (Lipinski definition) is 2. The zero-order valence-electron chi connectivity index (χ0n) is 19.5. The van der Waals surface area contributed by atoms with Gasteiger partial charge in [0.1, 0.15) is 6.10 Å². The Hall–Kier alpha value is -3.19. The number of aliphatic carboxylic acids is 1. The fraction of sp³-hybridized carbons (Fsp3) is 0.370. The minimum atomic E-state index is -0.699. The predicted octanol–water partition coefficient (Wildman–Crippen LogP) is 7.18. The van der Waals surface area contributed by atoms with E-state index in [1.807, 2.05) is 44.2 Å². The number of nitrogens with one attached hydrogen (secondary N) is 1. The lowest BCUT2D eigenvalue weighted by molar-refractivity contribution is -0.138. The highest BCUT2D eigenvalue weighted by Gasteiger charge is 2.24. The summed E-state index contributed by atoms with van der Waals surface area (Å²) in [6.45, 7) is 3.72. The van der Waals surface area contributed by atoms with Crippen LogP contribution < -0.4 is 5.32 Å². The Morgan fingerprint density at radius 2 is 1.76 bits per heavy atom. The Kier molecular flexibility index (Phi) is 7.63. The van der Waals surface area contributed by atoms with Gasteiger partial charge in [0.2, 0.25) is 0 Å². The Balaban J connectivity index is 1.40. The maximum Gasteiger partial charge on any atom is 0.412 e. The smallest absolute Gasteiger partial charge is 0.412 e. The van der Waals surface area contributed by atoms with Crippen molar-refractivity contribution in [3.05, 3.63) is 71.4 Å². The Bertz CT molecular complexity index is 1120. The fourth-order valence-corrected chi connectivity index (χ4v) is 5.50. The first-order chi connectivity index (χ1) is 16.4. The molecule has 6 nitrogen and oxygen atoms in total. The number of nitrogens with zero attached hydrogens (tertiary/aromatic N) is 1. The SMILES string of the molecule is Cc1nsc(-c2ccc(C3CCC(CC(=O)O)CC3)cc2)c1NC(=O)O[C@H](C)c1ccccc1. The monoisotopic (exact) mass is 478 g/mol. The zero-order valence-corrected chi connectivity index (χ0v) is 20.3. The largest absolute Gasteiger partial charge is 0.481 e. The van der Waals surface area contributed by atoms with Gasteiger partial charge in [-0.3, -0.25) is 10.1 Å². The molecule has 0 aliphatic heterocycles.